The van der Waals surface area contributed by atoms with Gasteiger partial charge in [-0.3, -0.25) is 4.79 Å². The molecule has 0 atom stereocenters. The third kappa shape index (κ3) is 1.12. The second kappa shape index (κ2) is 3.20. The zero-order valence-electron chi connectivity index (χ0n) is 9.51. The number of H-pyrrole nitrogens is 2. The molecule has 0 aliphatic carbocycles. The number of nitriles is 1. The minimum Gasteiger partial charge on any atom is -0.349 e. The molecule has 0 unspecified atom stereocenters. The summed E-state index contributed by atoms with van der Waals surface area (Å²) in [6.45, 7) is 0. The van der Waals surface area contributed by atoms with E-state index in [-0.39, 0.29) is 11.3 Å². The number of aromatic nitrogens is 5. The molecular formula is C12H6N6O. The normalized spacial score (nSPS) is 11.3. The fourth-order valence-electron chi connectivity index (χ4n) is 2.30. The van der Waals surface area contributed by atoms with Gasteiger partial charge in [-0.25, -0.2) is 9.73 Å². The number of aromatic amines is 2. The van der Waals surface area contributed by atoms with Gasteiger partial charge in [0.1, 0.15) is 17.1 Å². The first-order valence-electron chi connectivity index (χ1n) is 5.57. The van der Waals surface area contributed by atoms with Crippen LogP contribution < -0.4 is 5.56 Å². The van der Waals surface area contributed by atoms with Crippen molar-refractivity contribution in [3.05, 3.63) is 40.3 Å². The lowest BCUT2D eigenvalue weighted by atomic mass is 10.2. The molecule has 7 nitrogen and oxygen atoms in total. The molecule has 4 rings (SSSR count). The Balaban J connectivity index is 2.41. The summed E-state index contributed by atoms with van der Waals surface area (Å²) >= 11 is 0. The monoisotopic (exact) mass is 250 g/mol. The van der Waals surface area contributed by atoms with Crippen LogP contribution in [0.3, 0.4) is 0 Å². The minimum atomic E-state index is -0.399. The van der Waals surface area contributed by atoms with Crippen LogP contribution in [-0.2, 0) is 0 Å². The van der Waals surface area contributed by atoms with E-state index in [0.29, 0.717) is 11.0 Å². The summed E-state index contributed by atoms with van der Waals surface area (Å²) in [6, 6.07) is 9.44. The van der Waals surface area contributed by atoms with Crippen molar-refractivity contribution < 1.29 is 0 Å². The van der Waals surface area contributed by atoms with Crippen LogP contribution in [0, 0.1) is 11.3 Å². The van der Waals surface area contributed by atoms with Crippen molar-refractivity contribution >= 4 is 27.6 Å². The lowest BCUT2D eigenvalue weighted by molar-refractivity contribution is 0.873. The van der Waals surface area contributed by atoms with Gasteiger partial charge in [0.15, 0.2) is 5.65 Å². The van der Waals surface area contributed by atoms with Crippen LogP contribution in [0.25, 0.3) is 27.6 Å². The summed E-state index contributed by atoms with van der Waals surface area (Å²) in [5, 5.41) is 16.4. The third-order valence-corrected chi connectivity index (χ3v) is 3.11. The van der Waals surface area contributed by atoms with Crippen molar-refractivity contribution in [3.8, 4) is 6.07 Å². The Bertz CT molecular complexity index is 1050. The second-order valence-electron chi connectivity index (χ2n) is 4.14. The third-order valence-electron chi connectivity index (χ3n) is 3.11. The van der Waals surface area contributed by atoms with Crippen LogP contribution >= 0.6 is 0 Å². The van der Waals surface area contributed by atoms with Gasteiger partial charge in [-0.15, -0.1) is 5.10 Å². The van der Waals surface area contributed by atoms with Crippen molar-refractivity contribution in [1.82, 2.24) is 24.8 Å². The van der Waals surface area contributed by atoms with Gasteiger partial charge in [0, 0.05) is 10.9 Å². The Morgan fingerprint density at radius 3 is 3.00 bits per heavy atom. The van der Waals surface area contributed by atoms with Crippen LogP contribution in [0.15, 0.2) is 29.1 Å². The average Bonchev–Trinajstić information content (AvgIpc) is 2.99. The second-order valence-corrected chi connectivity index (χ2v) is 4.14. The SMILES string of the molecule is N#Cc1n[nH]n2c1nc(=O)c1[nH]c3ccccc3c12. The molecule has 0 amide bonds. The van der Waals surface area contributed by atoms with E-state index in [1.54, 1.807) is 4.52 Å². The molecule has 1 aromatic carbocycles. The maximum atomic E-state index is 12.0. The van der Waals surface area contributed by atoms with E-state index >= 15 is 0 Å². The van der Waals surface area contributed by atoms with Crippen LogP contribution in [0.4, 0.5) is 0 Å². The van der Waals surface area contributed by atoms with E-state index in [4.69, 9.17) is 5.26 Å². The number of nitrogens with zero attached hydrogens (tertiary/aromatic N) is 4. The first-order valence-corrected chi connectivity index (χ1v) is 5.57. The van der Waals surface area contributed by atoms with Gasteiger partial charge in [0.05, 0.1) is 0 Å². The molecule has 7 heteroatoms. The van der Waals surface area contributed by atoms with Crippen molar-refractivity contribution in [2.75, 3.05) is 0 Å². The summed E-state index contributed by atoms with van der Waals surface area (Å²) in [4.78, 5) is 19.0. The fraction of sp³-hybridized carbons (Fsp3) is 0. The van der Waals surface area contributed by atoms with Crippen molar-refractivity contribution in [2.45, 2.75) is 0 Å². The maximum Gasteiger partial charge on any atom is 0.297 e. The van der Waals surface area contributed by atoms with Crippen LogP contribution in [0.1, 0.15) is 5.69 Å². The zero-order valence-corrected chi connectivity index (χ0v) is 9.51. The van der Waals surface area contributed by atoms with Crippen LogP contribution in [0.2, 0.25) is 0 Å². The number of benzene rings is 1. The number of fused-ring (bicyclic) bond motifs is 5. The number of hydrogen-bond acceptors (Lipinski definition) is 4. The van der Waals surface area contributed by atoms with Crippen molar-refractivity contribution in [1.29, 1.82) is 5.26 Å². The predicted octanol–water partition coefficient (Wildman–Crippen LogP) is 0.924. The molecule has 4 aromatic rings. The zero-order chi connectivity index (χ0) is 13.0. The topological polar surface area (TPSA) is 103 Å². The molecular weight excluding hydrogens is 244 g/mol. The first-order chi connectivity index (χ1) is 9.29. The highest BCUT2D eigenvalue weighted by Crippen LogP contribution is 2.23. The highest BCUT2D eigenvalue weighted by molar-refractivity contribution is 6.05. The Morgan fingerprint density at radius 1 is 1.32 bits per heavy atom. The van der Waals surface area contributed by atoms with Gasteiger partial charge in [-0.05, 0) is 6.07 Å². The van der Waals surface area contributed by atoms with Gasteiger partial charge < -0.3 is 4.98 Å². The van der Waals surface area contributed by atoms with Gasteiger partial charge in [0.2, 0.25) is 5.69 Å². The molecule has 0 spiro atoms. The van der Waals surface area contributed by atoms with Gasteiger partial charge >= 0.3 is 0 Å². The van der Waals surface area contributed by atoms with Crippen molar-refractivity contribution in [2.24, 2.45) is 0 Å². The molecule has 0 radical (unpaired) electrons. The fourth-order valence-corrected chi connectivity index (χ4v) is 2.30. The lowest BCUT2D eigenvalue weighted by Gasteiger charge is -1.95. The average molecular weight is 250 g/mol. The largest absolute Gasteiger partial charge is 0.349 e. The van der Waals surface area contributed by atoms with E-state index in [2.05, 4.69) is 20.3 Å². The van der Waals surface area contributed by atoms with Gasteiger partial charge in [-0.1, -0.05) is 18.2 Å². The molecule has 2 N–H and O–H groups in total. The summed E-state index contributed by atoms with van der Waals surface area (Å²) in [7, 11) is 0. The van der Waals surface area contributed by atoms with Crippen molar-refractivity contribution in [3.63, 3.8) is 0 Å². The Hall–Kier alpha value is -3.14. The summed E-state index contributed by atoms with van der Waals surface area (Å²) < 4.78 is 1.55. The molecule has 0 aliphatic heterocycles. The molecule has 90 valence electrons. The number of rotatable bonds is 0. The summed E-state index contributed by atoms with van der Waals surface area (Å²) in [6.07, 6.45) is 0. The van der Waals surface area contributed by atoms with E-state index in [1.165, 1.54) is 0 Å². The van der Waals surface area contributed by atoms with Crippen LogP contribution in [0.5, 0.6) is 0 Å². The van der Waals surface area contributed by atoms with E-state index < -0.39 is 5.56 Å². The molecule has 3 heterocycles. The van der Waals surface area contributed by atoms with E-state index in [9.17, 15) is 4.79 Å². The predicted molar refractivity (Wildman–Crippen MR) is 67.7 cm³/mol. The Kier molecular flexibility index (Phi) is 1.66. The summed E-state index contributed by atoms with van der Waals surface area (Å²) in [5.74, 6) is 0. The molecule has 0 aliphatic rings. The maximum absolute atomic E-state index is 12.0. The van der Waals surface area contributed by atoms with Crippen LogP contribution in [-0.4, -0.2) is 24.8 Å². The van der Waals surface area contributed by atoms with E-state index in [0.717, 1.165) is 10.9 Å². The molecule has 0 fully saturated rings. The molecule has 3 aromatic heterocycles. The Labute approximate surface area is 105 Å². The smallest absolute Gasteiger partial charge is 0.297 e. The highest BCUT2D eigenvalue weighted by Gasteiger charge is 2.15. The first kappa shape index (κ1) is 9.85. The van der Waals surface area contributed by atoms with E-state index in [1.807, 2.05) is 30.3 Å². The molecule has 0 saturated carbocycles. The molecule has 0 bridgehead atoms. The van der Waals surface area contributed by atoms with Gasteiger partial charge in [-0.2, -0.15) is 10.2 Å². The number of nitrogens with one attached hydrogen (secondary N) is 2. The minimum absolute atomic E-state index is 0.101. The molecule has 19 heavy (non-hydrogen) atoms. The molecule has 0 saturated heterocycles. The van der Waals surface area contributed by atoms with Gasteiger partial charge in [0.25, 0.3) is 5.56 Å². The number of hydrogen-bond donors (Lipinski definition) is 2. The standard InChI is InChI=1S/C12H6N6O/c13-5-8-11-15-12(19)9-10(18(11)17-16-8)6-3-1-2-4-7(6)14-9/h1-4,14,17H. The highest BCUT2D eigenvalue weighted by atomic mass is 16.1. The lowest BCUT2D eigenvalue weighted by Crippen LogP contribution is -2.10. The number of para-hydroxylation sites is 1. The quantitative estimate of drug-likeness (QED) is 0.484. The summed E-state index contributed by atoms with van der Waals surface area (Å²) in [5.41, 5.74) is 1.83. The Morgan fingerprint density at radius 2 is 2.16 bits per heavy atom.